The number of rotatable bonds is 6. The van der Waals surface area contributed by atoms with Crippen molar-refractivity contribution >= 4 is 0 Å². The number of hydrogen-bond acceptors (Lipinski definition) is 4. The van der Waals surface area contributed by atoms with Crippen molar-refractivity contribution in [3.63, 3.8) is 0 Å². The Kier molecular flexibility index (Phi) is 6.16. The summed E-state index contributed by atoms with van der Waals surface area (Å²) in [6.07, 6.45) is 6.81. The summed E-state index contributed by atoms with van der Waals surface area (Å²) < 4.78 is 12.2. The summed E-state index contributed by atoms with van der Waals surface area (Å²) in [6, 6.07) is 9.78. The minimum absolute atomic E-state index is 0.162. The second-order valence-electron chi connectivity index (χ2n) is 8.30. The molecule has 2 fully saturated rings. The second kappa shape index (κ2) is 8.17. The summed E-state index contributed by atoms with van der Waals surface area (Å²) in [5.74, 6) is 0.671. The molecule has 0 bridgehead atoms. The van der Waals surface area contributed by atoms with E-state index in [-0.39, 0.29) is 18.4 Å². The van der Waals surface area contributed by atoms with Crippen LogP contribution in [0.3, 0.4) is 0 Å². The highest BCUT2D eigenvalue weighted by Gasteiger charge is 2.44. The fraction of sp³-hybridized carbons (Fsp3) is 0.714. The molecule has 1 heterocycles. The average Bonchev–Trinajstić information content (AvgIpc) is 2.91. The normalized spacial score (nSPS) is 29.4. The molecule has 4 heteroatoms. The van der Waals surface area contributed by atoms with E-state index in [1.54, 1.807) is 0 Å². The van der Waals surface area contributed by atoms with Crippen molar-refractivity contribution in [1.29, 1.82) is 0 Å². The summed E-state index contributed by atoms with van der Waals surface area (Å²) in [5, 5.41) is 10.6. The molecule has 4 atom stereocenters. The first-order chi connectivity index (χ1) is 12.0. The first kappa shape index (κ1) is 18.8. The monoisotopic (exact) mass is 347 g/mol. The molecular weight excluding hydrogens is 314 g/mol. The van der Waals surface area contributed by atoms with Crippen LogP contribution < -0.4 is 5.73 Å². The fourth-order valence-corrected chi connectivity index (χ4v) is 4.15. The molecule has 3 rings (SSSR count). The van der Waals surface area contributed by atoms with Gasteiger partial charge in [0.1, 0.15) is 0 Å². The number of hydrogen-bond donors (Lipinski definition) is 2. The summed E-state index contributed by atoms with van der Waals surface area (Å²) >= 11 is 0. The van der Waals surface area contributed by atoms with Crippen LogP contribution in [0.15, 0.2) is 30.3 Å². The van der Waals surface area contributed by atoms with Gasteiger partial charge in [-0.15, -0.1) is 0 Å². The molecule has 2 aliphatic rings. The first-order valence-corrected chi connectivity index (χ1v) is 9.77. The number of aliphatic hydroxyl groups excluding tert-OH is 1. The number of nitrogens with two attached hydrogens (primary N) is 1. The van der Waals surface area contributed by atoms with E-state index in [0.29, 0.717) is 12.3 Å². The third-order valence-electron chi connectivity index (χ3n) is 5.83. The third-order valence-corrected chi connectivity index (χ3v) is 5.83. The lowest BCUT2D eigenvalue weighted by Crippen LogP contribution is -2.43. The molecule has 1 aliphatic carbocycles. The lowest BCUT2D eigenvalue weighted by molar-refractivity contribution is -0.0850. The van der Waals surface area contributed by atoms with E-state index in [2.05, 4.69) is 0 Å². The van der Waals surface area contributed by atoms with Crippen LogP contribution in [-0.2, 0) is 9.47 Å². The Bertz CT molecular complexity index is 527. The van der Waals surface area contributed by atoms with E-state index < -0.39 is 11.7 Å². The van der Waals surface area contributed by atoms with Crippen molar-refractivity contribution in [3.8, 4) is 0 Å². The molecule has 1 aromatic carbocycles. The van der Waals surface area contributed by atoms with Crippen LogP contribution in [0.4, 0.5) is 0 Å². The highest BCUT2D eigenvalue weighted by atomic mass is 16.7. The molecule has 0 amide bonds. The molecule has 0 radical (unpaired) electrons. The van der Waals surface area contributed by atoms with Crippen LogP contribution in [-0.4, -0.2) is 29.0 Å². The van der Waals surface area contributed by atoms with Crippen LogP contribution in [0.5, 0.6) is 0 Å². The number of aliphatic hydroxyl groups is 1. The minimum Gasteiger partial charge on any atom is -0.391 e. The van der Waals surface area contributed by atoms with Crippen LogP contribution in [0.25, 0.3) is 0 Å². The summed E-state index contributed by atoms with van der Waals surface area (Å²) in [7, 11) is 0. The van der Waals surface area contributed by atoms with Gasteiger partial charge in [0.15, 0.2) is 6.29 Å². The Morgan fingerprint density at radius 1 is 1.12 bits per heavy atom. The topological polar surface area (TPSA) is 64.7 Å². The van der Waals surface area contributed by atoms with Gasteiger partial charge in [-0.05, 0) is 26.2 Å². The highest BCUT2D eigenvalue weighted by Crippen LogP contribution is 2.40. The van der Waals surface area contributed by atoms with Crippen molar-refractivity contribution in [2.24, 2.45) is 11.7 Å². The molecule has 1 saturated heterocycles. The quantitative estimate of drug-likeness (QED) is 0.818. The van der Waals surface area contributed by atoms with Gasteiger partial charge in [0.05, 0.1) is 17.8 Å². The van der Waals surface area contributed by atoms with Gasteiger partial charge in [-0.25, -0.2) is 0 Å². The zero-order valence-electron chi connectivity index (χ0n) is 15.6. The van der Waals surface area contributed by atoms with E-state index in [9.17, 15) is 5.11 Å². The Hall–Kier alpha value is -0.940. The average molecular weight is 347 g/mol. The molecule has 3 N–H and O–H groups in total. The maximum atomic E-state index is 10.6. The van der Waals surface area contributed by atoms with Gasteiger partial charge in [0, 0.05) is 18.0 Å². The van der Waals surface area contributed by atoms with Gasteiger partial charge < -0.3 is 20.3 Å². The first-order valence-electron chi connectivity index (χ1n) is 9.77. The van der Waals surface area contributed by atoms with Gasteiger partial charge in [0.2, 0.25) is 0 Å². The molecule has 1 aromatic rings. The molecule has 1 saturated carbocycles. The maximum absolute atomic E-state index is 10.6. The van der Waals surface area contributed by atoms with Crippen molar-refractivity contribution < 1.29 is 14.6 Å². The van der Waals surface area contributed by atoms with Crippen molar-refractivity contribution in [2.45, 2.75) is 88.9 Å². The van der Waals surface area contributed by atoms with Gasteiger partial charge in [0.25, 0.3) is 0 Å². The standard InChI is InChI=1S/C21H33NO3/c1-21(2)19(24-20(25-21)16-11-7-4-8-12-16)14-18(23)17(22)13-15-9-5-3-6-10-15/h4,7-8,11-12,15,17-20,23H,3,5-6,9-10,13-14,22H2,1-2H3/t17?,18?,19-,20-/m0/s1. The van der Waals surface area contributed by atoms with Crippen molar-refractivity contribution in [1.82, 2.24) is 0 Å². The SMILES string of the molecule is CC1(C)O[C@@H](c2ccccc2)O[C@H]1CC(O)C(N)CC1CCCCC1. The van der Waals surface area contributed by atoms with Gasteiger partial charge >= 0.3 is 0 Å². The molecule has 0 spiro atoms. The summed E-state index contributed by atoms with van der Waals surface area (Å²) in [5.41, 5.74) is 6.89. The lowest BCUT2D eigenvalue weighted by Gasteiger charge is -2.30. The summed E-state index contributed by atoms with van der Waals surface area (Å²) in [4.78, 5) is 0. The van der Waals surface area contributed by atoms with E-state index in [0.717, 1.165) is 12.0 Å². The molecule has 0 aromatic heterocycles. The Morgan fingerprint density at radius 2 is 1.80 bits per heavy atom. The van der Waals surface area contributed by atoms with Crippen molar-refractivity contribution in [2.75, 3.05) is 0 Å². The van der Waals surface area contributed by atoms with E-state index >= 15 is 0 Å². The largest absolute Gasteiger partial charge is 0.391 e. The zero-order chi connectivity index (χ0) is 17.9. The van der Waals surface area contributed by atoms with Crippen LogP contribution in [0, 0.1) is 5.92 Å². The molecule has 2 unspecified atom stereocenters. The molecule has 140 valence electrons. The molecule has 25 heavy (non-hydrogen) atoms. The highest BCUT2D eigenvalue weighted by molar-refractivity contribution is 5.17. The Labute approximate surface area is 151 Å². The maximum Gasteiger partial charge on any atom is 0.185 e. The van der Waals surface area contributed by atoms with Crippen molar-refractivity contribution in [3.05, 3.63) is 35.9 Å². The van der Waals surface area contributed by atoms with Crippen LogP contribution in [0.2, 0.25) is 0 Å². The smallest absolute Gasteiger partial charge is 0.185 e. The lowest BCUT2D eigenvalue weighted by atomic mass is 9.83. The number of benzene rings is 1. The predicted octanol–water partition coefficient (Wildman–Crippen LogP) is 3.93. The zero-order valence-corrected chi connectivity index (χ0v) is 15.6. The molecule has 4 nitrogen and oxygen atoms in total. The van der Waals surface area contributed by atoms with Crippen LogP contribution >= 0.6 is 0 Å². The Balaban J connectivity index is 1.55. The van der Waals surface area contributed by atoms with E-state index in [4.69, 9.17) is 15.2 Å². The predicted molar refractivity (Wildman–Crippen MR) is 99.0 cm³/mol. The van der Waals surface area contributed by atoms with E-state index in [1.165, 1.54) is 32.1 Å². The molecular formula is C21H33NO3. The van der Waals surface area contributed by atoms with Crippen LogP contribution in [0.1, 0.15) is 70.6 Å². The van der Waals surface area contributed by atoms with E-state index in [1.807, 2.05) is 44.2 Å². The second-order valence-corrected chi connectivity index (χ2v) is 8.30. The van der Waals surface area contributed by atoms with Gasteiger partial charge in [-0.3, -0.25) is 0 Å². The third kappa shape index (κ3) is 4.82. The number of ether oxygens (including phenoxy) is 2. The summed E-state index contributed by atoms with van der Waals surface area (Å²) in [6.45, 7) is 4.06. The van der Waals surface area contributed by atoms with Gasteiger partial charge in [-0.1, -0.05) is 62.4 Å². The van der Waals surface area contributed by atoms with Gasteiger partial charge in [-0.2, -0.15) is 0 Å². The molecule has 1 aliphatic heterocycles. The minimum atomic E-state index is -0.552. The fourth-order valence-electron chi connectivity index (χ4n) is 4.15. The Morgan fingerprint density at radius 3 is 2.48 bits per heavy atom.